The first kappa shape index (κ1) is 15.5. The van der Waals surface area contributed by atoms with Crippen molar-refractivity contribution in [2.75, 3.05) is 6.61 Å². The van der Waals surface area contributed by atoms with E-state index in [1.165, 1.54) is 5.56 Å². The monoisotopic (exact) mass is 264 g/mol. The molecule has 0 radical (unpaired) electrons. The molecule has 106 valence electrons. The summed E-state index contributed by atoms with van der Waals surface area (Å²) >= 11 is 0. The number of rotatable bonds is 7. The molecule has 19 heavy (non-hydrogen) atoms. The molecule has 1 rings (SSSR count). The second-order valence-electron chi connectivity index (χ2n) is 5.03. The average Bonchev–Trinajstić information content (AvgIpc) is 2.37. The van der Waals surface area contributed by atoms with Crippen LogP contribution in [0.4, 0.5) is 0 Å². The van der Waals surface area contributed by atoms with E-state index in [2.05, 4.69) is 12.2 Å². The van der Waals surface area contributed by atoms with Gasteiger partial charge in [-0.15, -0.1) is 0 Å². The maximum Gasteiger partial charge on any atom is 0.258 e. The van der Waals surface area contributed by atoms with Gasteiger partial charge in [0.25, 0.3) is 5.91 Å². The van der Waals surface area contributed by atoms with Crippen molar-refractivity contribution in [2.45, 2.75) is 45.7 Å². The normalized spacial score (nSPS) is 12.3. The van der Waals surface area contributed by atoms with Crippen molar-refractivity contribution in [2.24, 2.45) is 5.73 Å². The molecule has 0 heterocycles. The molecule has 1 atom stereocenters. The zero-order valence-corrected chi connectivity index (χ0v) is 12.0. The molecule has 4 heteroatoms. The Morgan fingerprint density at radius 1 is 1.32 bits per heavy atom. The Labute approximate surface area is 115 Å². The van der Waals surface area contributed by atoms with Crippen molar-refractivity contribution in [1.82, 2.24) is 5.32 Å². The molecule has 0 saturated carbocycles. The van der Waals surface area contributed by atoms with Crippen LogP contribution in [0.3, 0.4) is 0 Å². The lowest BCUT2D eigenvalue weighted by molar-refractivity contribution is -0.123. The fraction of sp³-hybridized carbons (Fsp3) is 0.533. The highest BCUT2D eigenvalue weighted by molar-refractivity contribution is 5.77. The van der Waals surface area contributed by atoms with Crippen LogP contribution in [0.1, 0.15) is 32.8 Å². The van der Waals surface area contributed by atoms with E-state index < -0.39 is 0 Å². The standard InChI is InChI=1S/C15H24N2O2/c1-4-13(16)9-12-5-7-14(8-6-12)19-10-15(18)17-11(2)3/h5-8,11,13H,4,9-10,16H2,1-3H3,(H,17,18). The van der Waals surface area contributed by atoms with E-state index >= 15 is 0 Å². The Morgan fingerprint density at radius 2 is 1.95 bits per heavy atom. The van der Waals surface area contributed by atoms with Crippen molar-refractivity contribution >= 4 is 5.91 Å². The van der Waals surface area contributed by atoms with E-state index in [1.807, 2.05) is 38.1 Å². The summed E-state index contributed by atoms with van der Waals surface area (Å²) in [6, 6.07) is 8.06. The van der Waals surface area contributed by atoms with Crippen molar-refractivity contribution in [3.05, 3.63) is 29.8 Å². The van der Waals surface area contributed by atoms with Gasteiger partial charge in [0.05, 0.1) is 0 Å². The molecule has 0 saturated heterocycles. The summed E-state index contributed by atoms with van der Waals surface area (Å²) in [5, 5.41) is 2.78. The average molecular weight is 264 g/mol. The molecule has 0 aliphatic carbocycles. The Bertz CT molecular complexity index is 388. The lowest BCUT2D eigenvalue weighted by Crippen LogP contribution is -2.34. The highest BCUT2D eigenvalue weighted by Gasteiger charge is 2.05. The van der Waals surface area contributed by atoms with Crippen LogP contribution in [0.2, 0.25) is 0 Å². The van der Waals surface area contributed by atoms with Gasteiger partial charge < -0.3 is 15.8 Å². The summed E-state index contributed by atoms with van der Waals surface area (Å²) in [6.07, 6.45) is 1.83. The Morgan fingerprint density at radius 3 is 2.47 bits per heavy atom. The van der Waals surface area contributed by atoms with Crippen LogP contribution >= 0.6 is 0 Å². The molecular formula is C15H24N2O2. The second-order valence-corrected chi connectivity index (χ2v) is 5.03. The van der Waals surface area contributed by atoms with Gasteiger partial charge >= 0.3 is 0 Å². The van der Waals surface area contributed by atoms with Gasteiger partial charge in [0.2, 0.25) is 0 Å². The van der Waals surface area contributed by atoms with Crippen molar-refractivity contribution in [1.29, 1.82) is 0 Å². The van der Waals surface area contributed by atoms with Crippen LogP contribution < -0.4 is 15.8 Å². The minimum absolute atomic E-state index is 0.0476. The van der Waals surface area contributed by atoms with Gasteiger partial charge in [-0.25, -0.2) is 0 Å². The topological polar surface area (TPSA) is 64.3 Å². The summed E-state index contributed by atoms with van der Waals surface area (Å²) in [5.74, 6) is 0.597. The molecule has 0 fully saturated rings. The van der Waals surface area contributed by atoms with Crippen LogP contribution in [0.15, 0.2) is 24.3 Å². The summed E-state index contributed by atoms with van der Waals surface area (Å²) < 4.78 is 5.41. The largest absolute Gasteiger partial charge is 0.484 e. The van der Waals surface area contributed by atoms with E-state index in [9.17, 15) is 4.79 Å². The highest BCUT2D eigenvalue weighted by Crippen LogP contribution is 2.13. The maximum absolute atomic E-state index is 11.4. The number of amides is 1. The molecule has 0 aliphatic heterocycles. The fourth-order valence-electron chi connectivity index (χ4n) is 1.68. The van der Waals surface area contributed by atoms with Crippen LogP contribution in [0, 0.1) is 0 Å². The second kappa shape index (κ2) is 7.79. The molecule has 0 spiro atoms. The molecular weight excluding hydrogens is 240 g/mol. The predicted molar refractivity (Wildman–Crippen MR) is 77.2 cm³/mol. The molecule has 0 aromatic heterocycles. The molecule has 0 aliphatic rings. The van der Waals surface area contributed by atoms with Crippen molar-refractivity contribution in [3.63, 3.8) is 0 Å². The van der Waals surface area contributed by atoms with Gasteiger partial charge in [-0.05, 0) is 44.4 Å². The number of carbonyl (C=O) groups excluding carboxylic acids is 1. The van der Waals surface area contributed by atoms with Gasteiger partial charge in [-0.1, -0.05) is 19.1 Å². The number of hydrogen-bond acceptors (Lipinski definition) is 3. The summed E-state index contributed by atoms with van der Waals surface area (Å²) in [4.78, 5) is 11.4. The van der Waals surface area contributed by atoms with E-state index in [4.69, 9.17) is 10.5 Å². The van der Waals surface area contributed by atoms with Gasteiger partial charge in [-0.3, -0.25) is 4.79 Å². The third-order valence-corrected chi connectivity index (χ3v) is 2.77. The molecule has 3 N–H and O–H groups in total. The third kappa shape index (κ3) is 6.25. The number of nitrogens with one attached hydrogen (secondary N) is 1. The first-order chi connectivity index (χ1) is 9.01. The predicted octanol–water partition coefficient (Wildman–Crippen LogP) is 1.87. The van der Waals surface area contributed by atoms with Crippen LogP contribution in [-0.4, -0.2) is 24.6 Å². The maximum atomic E-state index is 11.4. The summed E-state index contributed by atoms with van der Waals surface area (Å²) in [5.41, 5.74) is 7.09. The van der Waals surface area contributed by atoms with Gasteiger partial charge in [0, 0.05) is 12.1 Å². The van der Waals surface area contributed by atoms with E-state index in [0.29, 0.717) is 5.75 Å². The van der Waals surface area contributed by atoms with Gasteiger partial charge in [-0.2, -0.15) is 0 Å². The Balaban J connectivity index is 2.42. The van der Waals surface area contributed by atoms with Crippen LogP contribution in [0.5, 0.6) is 5.75 Å². The first-order valence-corrected chi connectivity index (χ1v) is 6.78. The fourth-order valence-corrected chi connectivity index (χ4v) is 1.68. The molecule has 0 bridgehead atoms. The highest BCUT2D eigenvalue weighted by atomic mass is 16.5. The van der Waals surface area contributed by atoms with E-state index in [-0.39, 0.29) is 24.6 Å². The lowest BCUT2D eigenvalue weighted by atomic mass is 10.0. The molecule has 4 nitrogen and oxygen atoms in total. The van der Waals surface area contributed by atoms with Crippen LogP contribution in [0.25, 0.3) is 0 Å². The molecule has 1 unspecified atom stereocenters. The number of hydrogen-bond donors (Lipinski definition) is 2. The Hall–Kier alpha value is -1.55. The minimum Gasteiger partial charge on any atom is -0.484 e. The zero-order chi connectivity index (χ0) is 14.3. The number of carbonyl (C=O) groups is 1. The third-order valence-electron chi connectivity index (χ3n) is 2.77. The van der Waals surface area contributed by atoms with Crippen LogP contribution in [-0.2, 0) is 11.2 Å². The van der Waals surface area contributed by atoms with Crippen molar-refractivity contribution in [3.8, 4) is 5.75 Å². The summed E-state index contributed by atoms with van der Waals surface area (Å²) in [6.45, 7) is 5.97. The van der Waals surface area contributed by atoms with Gasteiger partial charge in [0.15, 0.2) is 6.61 Å². The minimum atomic E-state index is -0.105. The Kier molecular flexibility index (Phi) is 6.36. The number of nitrogens with two attached hydrogens (primary N) is 1. The quantitative estimate of drug-likeness (QED) is 0.790. The number of benzene rings is 1. The van der Waals surface area contributed by atoms with Gasteiger partial charge in [0.1, 0.15) is 5.75 Å². The lowest BCUT2D eigenvalue weighted by Gasteiger charge is -2.11. The SMILES string of the molecule is CCC(N)Cc1ccc(OCC(=O)NC(C)C)cc1. The smallest absolute Gasteiger partial charge is 0.258 e. The van der Waals surface area contributed by atoms with E-state index in [0.717, 1.165) is 12.8 Å². The first-order valence-electron chi connectivity index (χ1n) is 6.78. The molecule has 1 aromatic rings. The molecule has 1 aromatic carbocycles. The summed E-state index contributed by atoms with van der Waals surface area (Å²) in [7, 11) is 0. The molecule has 1 amide bonds. The number of ether oxygens (including phenoxy) is 1. The zero-order valence-electron chi connectivity index (χ0n) is 12.0. The van der Waals surface area contributed by atoms with Crippen molar-refractivity contribution < 1.29 is 9.53 Å². The van der Waals surface area contributed by atoms with E-state index in [1.54, 1.807) is 0 Å².